The average Bonchev–Trinajstić information content (AvgIpc) is 3.47. The monoisotopic (exact) mass is 664 g/mol. The number of ketones is 2. The summed E-state index contributed by atoms with van der Waals surface area (Å²) < 4.78 is 18.3. The van der Waals surface area contributed by atoms with Crippen LogP contribution in [0.1, 0.15) is 93.9 Å². The van der Waals surface area contributed by atoms with Crippen molar-refractivity contribution < 1.29 is 54.4 Å². The molecule has 0 aromatic heterocycles. The maximum Gasteiger partial charge on any atom is 0.187 e. The SMILES string of the molecule is CC1(C)C(=O)[C@@H](O[C@@H]2O[C@H](CO)[C@@H](O)[C@H](O)[C@H]2O)C[C@@H]2C1=CC[C@@H]1[C@@]2(C)C(=O)C[C@]2(C)[C@@H]([C@@]3(C)CC[C@@H](C(C)(C)O)O3)[C@H](O)C[C@@]12C. The molecule has 11 heteroatoms. The first-order valence-electron chi connectivity index (χ1n) is 17.4. The van der Waals surface area contributed by atoms with Gasteiger partial charge < -0.3 is 44.8 Å². The maximum absolute atomic E-state index is 14.8. The second-order valence-electron chi connectivity index (χ2n) is 17.6. The van der Waals surface area contributed by atoms with E-state index in [0.717, 1.165) is 5.57 Å². The van der Waals surface area contributed by atoms with Crippen molar-refractivity contribution in [2.24, 2.45) is 39.4 Å². The number of carbonyl (C=O) groups excluding carboxylic acids is 2. The minimum Gasteiger partial charge on any atom is -0.394 e. The molecule has 2 aliphatic heterocycles. The predicted octanol–water partition coefficient (Wildman–Crippen LogP) is 1.81. The number of fused-ring (bicyclic) bond motifs is 5. The average molecular weight is 665 g/mol. The number of ether oxygens (including phenoxy) is 3. The van der Waals surface area contributed by atoms with Gasteiger partial charge in [-0.2, -0.15) is 0 Å². The first kappa shape index (κ1) is 35.5. The summed E-state index contributed by atoms with van der Waals surface area (Å²) in [5.74, 6) is -0.997. The molecule has 47 heavy (non-hydrogen) atoms. The van der Waals surface area contributed by atoms with Crippen LogP contribution in [-0.4, -0.2) is 109 Å². The predicted molar refractivity (Wildman–Crippen MR) is 169 cm³/mol. The van der Waals surface area contributed by atoms with Gasteiger partial charge in [-0.15, -0.1) is 0 Å². The van der Waals surface area contributed by atoms with E-state index in [0.29, 0.717) is 25.7 Å². The van der Waals surface area contributed by atoms with E-state index in [2.05, 4.69) is 19.9 Å². The fourth-order valence-corrected chi connectivity index (χ4v) is 11.5. The molecule has 0 spiro atoms. The first-order valence-corrected chi connectivity index (χ1v) is 17.4. The van der Waals surface area contributed by atoms with Crippen LogP contribution in [0.15, 0.2) is 11.6 Å². The van der Waals surface area contributed by atoms with Gasteiger partial charge in [0.1, 0.15) is 36.3 Å². The highest BCUT2D eigenvalue weighted by molar-refractivity contribution is 5.94. The normalized spacial score (nSPS) is 52.9. The molecule has 4 aliphatic carbocycles. The van der Waals surface area contributed by atoms with Gasteiger partial charge in [0.05, 0.1) is 30.0 Å². The molecule has 0 aromatic carbocycles. The van der Waals surface area contributed by atoms with Crippen molar-refractivity contribution in [2.75, 3.05) is 6.61 Å². The summed E-state index contributed by atoms with van der Waals surface area (Å²) in [7, 11) is 0. The Morgan fingerprint density at radius 1 is 0.979 bits per heavy atom. The Hall–Kier alpha value is -1.28. The lowest BCUT2D eigenvalue weighted by molar-refractivity contribution is -0.311. The summed E-state index contributed by atoms with van der Waals surface area (Å²) in [6.07, 6.45) is -4.72. The Kier molecular flexibility index (Phi) is 8.40. The number of allylic oxidation sites excluding steroid dienone is 2. The molecule has 0 amide bonds. The highest BCUT2D eigenvalue weighted by Crippen LogP contribution is 2.75. The minimum absolute atomic E-state index is 0.0783. The second kappa shape index (κ2) is 11.1. The number of aliphatic hydroxyl groups is 6. The third-order valence-electron chi connectivity index (χ3n) is 14.3. The van der Waals surface area contributed by atoms with Crippen LogP contribution in [0.5, 0.6) is 0 Å². The lowest BCUT2D eigenvalue weighted by Crippen LogP contribution is -2.65. The van der Waals surface area contributed by atoms with Crippen LogP contribution in [0, 0.1) is 39.4 Å². The van der Waals surface area contributed by atoms with E-state index in [9.17, 15) is 40.2 Å². The van der Waals surface area contributed by atoms with Crippen LogP contribution in [0.4, 0.5) is 0 Å². The van der Waals surface area contributed by atoms with E-state index in [4.69, 9.17) is 14.2 Å². The van der Waals surface area contributed by atoms with Gasteiger partial charge in [-0.1, -0.05) is 32.4 Å². The van der Waals surface area contributed by atoms with Crippen LogP contribution in [0.2, 0.25) is 0 Å². The number of hydrogen-bond acceptors (Lipinski definition) is 11. The quantitative estimate of drug-likeness (QED) is 0.236. The van der Waals surface area contributed by atoms with Gasteiger partial charge in [0, 0.05) is 23.2 Å². The maximum atomic E-state index is 14.8. The van der Waals surface area contributed by atoms with Crippen LogP contribution < -0.4 is 0 Å². The molecule has 0 radical (unpaired) electrons. The van der Waals surface area contributed by atoms with Crippen LogP contribution in [0.25, 0.3) is 0 Å². The van der Waals surface area contributed by atoms with Crippen molar-refractivity contribution in [3.63, 3.8) is 0 Å². The smallest absolute Gasteiger partial charge is 0.187 e. The molecule has 11 nitrogen and oxygen atoms in total. The second-order valence-corrected chi connectivity index (χ2v) is 17.6. The number of Topliss-reactive ketones (excluding diaryl/α,β-unsaturated/α-hetero) is 2. The fourth-order valence-electron chi connectivity index (χ4n) is 11.5. The molecular weight excluding hydrogens is 608 g/mol. The standard InChI is InChI=1S/C36H56O11/c1-31(2)17-9-10-22-33(5)14-19(38)28(35(7)12-11-24(47-35)32(3,4)44)34(33,6)15-23(39)36(22,8)18(17)13-20(29(31)43)45-30-27(42)26(41)25(40)21(16-37)46-30/h9,18-22,24-28,30,37-38,40-42,44H,10-16H2,1-8H3/t18-,19-,20+,21-,22+,24+,25-,26+,27-,28+,30-,33+,34-,35-,36+/m1/s1. The summed E-state index contributed by atoms with van der Waals surface area (Å²) in [5, 5.41) is 63.6. The Balaban J connectivity index is 1.34. The van der Waals surface area contributed by atoms with Gasteiger partial charge in [-0.25, -0.2) is 0 Å². The Morgan fingerprint density at radius 3 is 2.23 bits per heavy atom. The summed E-state index contributed by atoms with van der Waals surface area (Å²) >= 11 is 0. The third kappa shape index (κ3) is 4.85. The molecule has 0 unspecified atom stereocenters. The molecule has 15 atom stereocenters. The topological polar surface area (TPSA) is 183 Å². The largest absolute Gasteiger partial charge is 0.394 e. The highest BCUT2D eigenvalue weighted by atomic mass is 16.7. The zero-order valence-electron chi connectivity index (χ0n) is 29.1. The zero-order chi connectivity index (χ0) is 34.9. The van der Waals surface area contributed by atoms with E-state index in [1.54, 1.807) is 13.8 Å². The molecule has 0 aromatic rings. The molecular formula is C36H56O11. The van der Waals surface area contributed by atoms with Gasteiger partial charge >= 0.3 is 0 Å². The van der Waals surface area contributed by atoms with Crippen molar-refractivity contribution in [2.45, 2.75) is 154 Å². The summed E-state index contributed by atoms with van der Waals surface area (Å²) in [6, 6.07) is 0. The van der Waals surface area contributed by atoms with Crippen molar-refractivity contribution in [3.8, 4) is 0 Å². The van der Waals surface area contributed by atoms with Gasteiger partial charge in [-0.3, -0.25) is 9.59 Å². The zero-order valence-corrected chi connectivity index (χ0v) is 29.1. The molecule has 3 saturated carbocycles. The van der Waals surface area contributed by atoms with E-state index in [1.807, 2.05) is 27.7 Å². The molecule has 5 fully saturated rings. The third-order valence-corrected chi connectivity index (χ3v) is 14.3. The van der Waals surface area contributed by atoms with Crippen LogP contribution >= 0.6 is 0 Å². The fraction of sp³-hybridized carbons (Fsp3) is 0.889. The van der Waals surface area contributed by atoms with Crippen molar-refractivity contribution >= 4 is 11.6 Å². The van der Waals surface area contributed by atoms with E-state index in [-0.39, 0.29) is 48.3 Å². The number of hydrogen-bond donors (Lipinski definition) is 6. The van der Waals surface area contributed by atoms with Crippen molar-refractivity contribution in [3.05, 3.63) is 11.6 Å². The molecule has 266 valence electrons. The minimum atomic E-state index is -1.65. The number of aliphatic hydroxyl groups excluding tert-OH is 5. The molecule has 6 aliphatic rings. The lowest BCUT2D eigenvalue weighted by atomic mass is 9.38. The van der Waals surface area contributed by atoms with Gasteiger partial charge in [0.25, 0.3) is 0 Å². The Morgan fingerprint density at radius 2 is 1.64 bits per heavy atom. The van der Waals surface area contributed by atoms with Crippen molar-refractivity contribution in [1.29, 1.82) is 0 Å². The number of rotatable bonds is 5. The first-order chi connectivity index (χ1) is 21.6. The molecule has 6 rings (SSSR count). The van der Waals surface area contributed by atoms with E-state index < -0.39 is 82.4 Å². The van der Waals surface area contributed by atoms with Crippen molar-refractivity contribution in [1.82, 2.24) is 0 Å². The summed E-state index contributed by atoms with van der Waals surface area (Å²) in [4.78, 5) is 28.8. The molecule has 2 heterocycles. The van der Waals surface area contributed by atoms with Crippen LogP contribution in [0.3, 0.4) is 0 Å². The number of carbonyl (C=O) groups is 2. The van der Waals surface area contributed by atoms with E-state index >= 15 is 0 Å². The highest BCUT2D eigenvalue weighted by Gasteiger charge is 2.75. The summed E-state index contributed by atoms with van der Waals surface area (Å²) in [6.45, 7) is 14.9. The molecule has 2 saturated heterocycles. The molecule has 0 bridgehead atoms. The van der Waals surface area contributed by atoms with Crippen LogP contribution in [-0.2, 0) is 23.8 Å². The summed E-state index contributed by atoms with van der Waals surface area (Å²) in [5.41, 5.74) is -3.78. The van der Waals surface area contributed by atoms with Gasteiger partial charge in [0.2, 0.25) is 0 Å². The Bertz CT molecular complexity index is 1320. The van der Waals surface area contributed by atoms with Gasteiger partial charge in [-0.05, 0) is 89.4 Å². The van der Waals surface area contributed by atoms with Gasteiger partial charge in [0.15, 0.2) is 12.1 Å². The Labute approximate surface area is 277 Å². The van der Waals surface area contributed by atoms with E-state index in [1.165, 1.54) is 0 Å². The lowest BCUT2D eigenvalue weighted by Gasteiger charge is -2.64. The molecule has 6 N–H and O–H groups in total.